The van der Waals surface area contributed by atoms with Crippen LogP contribution in [0.1, 0.15) is 46.5 Å². The Kier molecular flexibility index (Phi) is 7.03. The lowest BCUT2D eigenvalue weighted by molar-refractivity contribution is 0.407. The third kappa shape index (κ3) is 4.91. The number of thioether (sulfide) groups is 1. The van der Waals surface area contributed by atoms with Crippen LogP contribution in [0.3, 0.4) is 0 Å². The smallest absolute Gasteiger partial charge is 0.254 e. The Morgan fingerprint density at radius 3 is 2.64 bits per heavy atom. The van der Waals surface area contributed by atoms with Crippen LogP contribution in [0.15, 0.2) is 46.3 Å². The molecule has 4 rings (SSSR count). The van der Waals surface area contributed by atoms with Crippen LogP contribution in [-0.2, 0) is 19.2 Å². The van der Waals surface area contributed by atoms with E-state index in [1.165, 1.54) is 28.5 Å². The molecule has 0 saturated heterocycles. The van der Waals surface area contributed by atoms with Crippen molar-refractivity contribution in [2.75, 3.05) is 11.0 Å². The summed E-state index contributed by atoms with van der Waals surface area (Å²) in [6.45, 7) is 8.69. The van der Waals surface area contributed by atoms with Gasteiger partial charge in [-0.3, -0.25) is 4.79 Å². The number of anilines is 1. The lowest BCUT2D eigenvalue weighted by Gasteiger charge is -2.32. The fourth-order valence-electron chi connectivity index (χ4n) is 4.75. The van der Waals surface area contributed by atoms with E-state index in [0.29, 0.717) is 11.6 Å². The van der Waals surface area contributed by atoms with Gasteiger partial charge in [0, 0.05) is 17.2 Å². The van der Waals surface area contributed by atoms with Gasteiger partial charge in [0.15, 0.2) is 5.16 Å². The number of benzene rings is 1. The highest BCUT2D eigenvalue weighted by atomic mass is 32.2. The first-order chi connectivity index (χ1) is 15.8. The third-order valence-electron chi connectivity index (χ3n) is 6.92. The van der Waals surface area contributed by atoms with E-state index in [1.54, 1.807) is 4.72 Å². The minimum Gasteiger partial charge on any atom is -0.454 e. The predicted molar refractivity (Wildman–Crippen MR) is 140 cm³/mol. The van der Waals surface area contributed by atoms with Gasteiger partial charge < -0.3 is 9.71 Å². The molecule has 0 spiro atoms. The summed E-state index contributed by atoms with van der Waals surface area (Å²) >= 11 is 1.46. The quantitative estimate of drug-likeness (QED) is 0.340. The van der Waals surface area contributed by atoms with Crippen LogP contribution in [0.2, 0.25) is 6.82 Å². The van der Waals surface area contributed by atoms with Gasteiger partial charge in [0.1, 0.15) is 5.82 Å². The van der Waals surface area contributed by atoms with Crippen molar-refractivity contribution in [3.63, 3.8) is 0 Å². The van der Waals surface area contributed by atoms with Crippen LogP contribution in [0, 0.1) is 19.8 Å². The van der Waals surface area contributed by atoms with E-state index in [2.05, 4.69) is 62.9 Å². The van der Waals surface area contributed by atoms with Crippen molar-refractivity contribution in [3.8, 4) is 0 Å². The van der Waals surface area contributed by atoms with Gasteiger partial charge in [0.05, 0.1) is 5.69 Å². The van der Waals surface area contributed by atoms with Crippen LogP contribution < -0.4 is 10.3 Å². The zero-order valence-corrected chi connectivity index (χ0v) is 20.9. The molecule has 8 heteroatoms. The largest absolute Gasteiger partial charge is 0.454 e. The van der Waals surface area contributed by atoms with Crippen molar-refractivity contribution in [1.29, 1.82) is 0 Å². The monoisotopic (exact) mass is 456 g/mol. The second kappa shape index (κ2) is 9.80. The van der Waals surface area contributed by atoms with Gasteiger partial charge in [-0.25, -0.2) is 9.97 Å². The molecule has 1 aliphatic carbocycles. The summed E-state index contributed by atoms with van der Waals surface area (Å²) in [5.74, 6) is 1.27. The van der Waals surface area contributed by atoms with Crippen LogP contribution in [0.4, 0.5) is 5.82 Å². The number of aryl methyl sites for hydroxylation is 1. The van der Waals surface area contributed by atoms with Crippen molar-refractivity contribution in [3.05, 3.63) is 80.4 Å². The molecule has 33 heavy (non-hydrogen) atoms. The number of H-pyrrole nitrogens is 1. The summed E-state index contributed by atoms with van der Waals surface area (Å²) in [7, 11) is 6.58. The van der Waals surface area contributed by atoms with Crippen molar-refractivity contribution in [1.82, 2.24) is 15.0 Å². The van der Waals surface area contributed by atoms with E-state index in [0.717, 1.165) is 35.5 Å². The molecular weight excluding hydrogens is 426 g/mol. The van der Waals surface area contributed by atoms with Gasteiger partial charge >= 0.3 is 0 Å². The molecule has 2 unspecified atom stereocenters. The number of hydrogen-bond acceptors (Lipinski definition) is 5. The molecule has 2 aromatic heterocycles. The minimum atomic E-state index is -0.00728. The van der Waals surface area contributed by atoms with Crippen LogP contribution in [-0.4, -0.2) is 36.0 Å². The van der Waals surface area contributed by atoms with Crippen molar-refractivity contribution >= 4 is 32.4 Å². The maximum atomic E-state index is 12.6. The number of hydrogen-bond donors (Lipinski definition) is 1. The van der Waals surface area contributed by atoms with Crippen LogP contribution in [0.5, 0.6) is 0 Å². The number of aromatic amines is 1. The molecule has 2 radical (unpaired) electrons. The van der Waals surface area contributed by atoms with Crippen molar-refractivity contribution in [2.45, 2.75) is 57.8 Å². The Morgan fingerprint density at radius 1 is 1.21 bits per heavy atom. The summed E-state index contributed by atoms with van der Waals surface area (Å²) < 4.78 is 1.79. The minimum absolute atomic E-state index is 0.00728. The lowest BCUT2D eigenvalue weighted by atomic mass is 9.56. The SMILES string of the molecule is [B]N(B(C)Cc1ccccc1)c1cc(C)c(C)c(C2Cc3nc(SC)[nH]c(=O)c3CC2C)n1. The van der Waals surface area contributed by atoms with E-state index in [1.807, 2.05) is 12.3 Å². The van der Waals surface area contributed by atoms with Gasteiger partial charge in [0.2, 0.25) is 14.8 Å². The fraction of sp³-hybridized carbons (Fsp3) is 0.400. The summed E-state index contributed by atoms with van der Waals surface area (Å²) in [5.41, 5.74) is 6.40. The highest BCUT2D eigenvalue weighted by molar-refractivity contribution is 7.98. The zero-order chi connectivity index (χ0) is 23.7. The standard InChI is InChI=1S/C25H30B2N4OS/c1-15-12-22(31(26)27(4)14-18-9-7-6-8-10-18)29-23(17(15)3)19-13-21-20(11-16(19)2)24(32)30-25(28-21)33-5/h6-10,12,16,19H,11,13-14H2,1-5H3,(H,28,30,32). The molecule has 1 N–H and O–H groups in total. The topological polar surface area (TPSA) is 61.9 Å². The van der Waals surface area contributed by atoms with Gasteiger partial charge in [-0.15, -0.1) is 0 Å². The number of rotatable bonds is 6. The number of pyridine rings is 1. The molecular formula is C25H30B2N4OS. The first-order valence-electron chi connectivity index (χ1n) is 11.5. The first kappa shape index (κ1) is 23.7. The molecule has 3 aromatic rings. The Balaban J connectivity index is 1.66. The highest BCUT2D eigenvalue weighted by Crippen LogP contribution is 2.37. The maximum Gasteiger partial charge on any atom is 0.254 e. The predicted octanol–water partition coefficient (Wildman–Crippen LogP) is 4.32. The number of nitrogens with one attached hydrogen (secondary N) is 1. The third-order valence-corrected chi connectivity index (χ3v) is 7.50. The summed E-state index contributed by atoms with van der Waals surface area (Å²) in [5, 5.41) is 0.671. The zero-order valence-electron chi connectivity index (χ0n) is 20.1. The molecule has 0 bridgehead atoms. The van der Waals surface area contributed by atoms with Crippen molar-refractivity contribution in [2.24, 2.45) is 5.92 Å². The van der Waals surface area contributed by atoms with Gasteiger partial charge in [-0.05, 0) is 62.4 Å². The van der Waals surface area contributed by atoms with Gasteiger partial charge in [-0.2, -0.15) is 0 Å². The van der Waals surface area contributed by atoms with Crippen LogP contribution in [0.25, 0.3) is 0 Å². The fourth-order valence-corrected chi connectivity index (χ4v) is 5.15. The molecule has 0 saturated carbocycles. The van der Waals surface area contributed by atoms with E-state index >= 15 is 0 Å². The highest BCUT2D eigenvalue weighted by Gasteiger charge is 2.32. The van der Waals surface area contributed by atoms with E-state index in [9.17, 15) is 4.79 Å². The van der Waals surface area contributed by atoms with Crippen molar-refractivity contribution < 1.29 is 0 Å². The molecule has 168 valence electrons. The Hall–Kier alpha value is -2.47. The molecule has 2 atom stereocenters. The second-order valence-electron chi connectivity index (χ2n) is 9.25. The van der Waals surface area contributed by atoms with Gasteiger partial charge in [-0.1, -0.05) is 61.4 Å². The normalized spacial score (nSPS) is 17.5. The summed E-state index contributed by atoms with van der Waals surface area (Å²) in [6.07, 6.45) is 4.20. The van der Waals surface area contributed by atoms with Crippen LogP contribution >= 0.6 is 11.8 Å². The Morgan fingerprint density at radius 2 is 1.94 bits per heavy atom. The van der Waals surface area contributed by atoms with E-state index in [4.69, 9.17) is 17.9 Å². The molecule has 5 nitrogen and oxygen atoms in total. The summed E-state index contributed by atoms with van der Waals surface area (Å²) in [6, 6.07) is 12.5. The average molecular weight is 456 g/mol. The molecule has 2 heterocycles. The molecule has 0 fully saturated rings. The van der Waals surface area contributed by atoms with E-state index < -0.39 is 0 Å². The number of aromatic nitrogens is 3. The average Bonchev–Trinajstić information content (AvgIpc) is 2.81. The second-order valence-corrected chi connectivity index (χ2v) is 10.0. The van der Waals surface area contributed by atoms with Gasteiger partial charge in [0.25, 0.3) is 5.56 Å². The first-order valence-corrected chi connectivity index (χ1v) is 12.7. The molecule has 1 aliphatic rings. The molecule has 1 aromatic carbocycles. The molecule has 0 aliphatic heterocycles. The molecule has 0 amide bonds. The maximum absolute atomic E-state index is 12.6. The summed E-state index contributed by atoms with van der Waals surface area (Å²) in [4.78, 5) is 25.3. The Labute approximate surface area is 202 Å². The Bertz CT molecular complexity index is 1200. The number of fused-ring (bicyclic) bond motifs is 1. The lowest BCUT2D eigenvalue weighted by Crippen LogP contribution is -2.38. The van der Waals surface area contributed by atoms with E-state index in [-0.39, 0.29) is 24.2 Å². The number of nitrogens with zero attached hydrogens (tertiary/aromatic N) is 3.